The first-order chi connectivity index (χ1) is 10.8. The van der Waals surface area contributed by atoms with Crippen LogP contribution in [0.1, 0.15) is 27.0 Å². The maximum Gasteiger partial charge on any atom is 0.150 e. The van der Waals surface area contributed by atoms with Crippen LogP contribution >= 0.6 is 0 Å². The topological polar surface area (TPSA) is 17.1 Å². The molecule has 0 bridgehead atoms. The number of aryl methyl sites for hydroxylation is 1. The second kappa shape index (κ2) is 6.40. The number of carbonyl (C=O) groups is 1. The molecule has 0 heterocycles. The lowest BCUT2D eigenvalue weighted by Gasteiger charge is -2.10. The molecule has 0 aliphatic carbocycles. The van der Waals surface area contributed by atoms with E-state index in [9.17, 15) is 4.79 Å². The lowest BCUT2D eigenvalue weighted by Crippen LogP contribution is -1.93. The van der Waals surface area contributed by atoms with Gasteiger partial charge in [0.25, 0.3) is 0 Å². The molecule has 0 saturated heterocycles. The number of rotatable bonds is 4. The van der Waals surface area contributed by atoms with Gasteiger partial charge in [0.1, 0.15) is 6.29 Å². The number of carbonyl (C=O) groups excluding carboxylic acids is 1. The van der Waals surface area contributed by atoms with Crippen LogP contribution in [0.3, 0.4) is 0 Å². The van der Waals surface area contributed by atoms with Gasteiger partial charge in [-0.1, -0.05) is 78.4 Å². The van der Waals surface area contributed by atoms with Crippen LogP contribution in [0.15, 0.2) is 72.8 Å². The molecule has 0 aliphatic heterocycles. The second-order valence-corrected chi connectivity index (χ2v) is 5.56. The van der Waals surface area contributed by atoms with Crippen molar-refractivity contribution in [3.63, 3.8) is 0 Å². The molecule has 0 amide bonds. The second-order valence-electron chi connectivity index (χ2n) is 5.56. The fourth-order valence-corrected chi connectivity index (χ4v) is 2.62. The van der Waals surface area contributed by atoms with Gasteiger partial charge in [-0.3, -0.25) is 4.79 Å². The summed E-state index contributed by atoms with van der Waals surface area (Å²) in [6.07, 6.45) is 1.74. The van der Waals surface area contributed by atoms with Gasteiger partial charge in [0, 0.05) is 5.56 Å². The van der Waals surface area contributed by atoms with Crippen molar-refractivity contribution in [2.24, 2.45) is 0 Å². The highest BCUT2D eigenvalue weighted by Crippen LogP contribution is 2.26. The summed E-state index contributed by atoms with van der Waals surface area (Å²) in [6.45, 7) is 2.10. The summed E-state index contributed by atoms with van der Waals surface area (Å²) in [5.41, 5.74) is 7.00. The number of benzene rings is 3. The number of aldehydes is 1. The molecule has 3 aromatic carbocycles. The van der Waals surface area contributed by atoms with Crippen LogP contribution in [0.25, 0.3) is 11.1 Å². The number of hydrogen-bond donors (Lipinski definition) is 0. The molecule has 1 heteroatoms. The van der Waals surface area contributed by atoms with Crippen molar-refractivity contribution >= 4 is 6.29 Å². The van der Waals surface area contributed by atoms with E-state index in [4.69, 9.17) is 0 Å². The van der Waals surface area contributed by atoms with Gasteiger partial charge in [-0.2, -0.15) is 0 Å². The van der Waals surface area contributed by atoms with Gasteiger partial charge in [0.2, 0.25) is 0 Å². The molecule has 0 unspecified atom stereocenters. The van der Waals surface area contributed by atoms with Crippen LogP contribution in [-0.4, -0.2) is 6.29 Å². The molecule has 0 N–H and O–H groups in total. The van der Waals surface area contributed by atoms with Crippen LogP contribution in [0.4, 0.5) is 0 Å². The molecule has 0 spiro atoms. The Morgan fingerprint density at radius 2 is 1.50 bits per heavy atom. The van der Waals surface area contributed by atoms with E-state index in [0.29, 0.717) is 0 Å². The third-order valence-corrected chi connectivity index (χ3v) is 3.89. The zero-order chi connectivity index (χ0) is 15.4. The third kappa shape index (κ3) is 3.15. The van der Waals surface area contributed by atoms with E-state index in [-0.39, 0.29) is 0 Å². The zero-order valence-corrected chi connectivity index (χ0v) is 12.6. The van der Waals surface area contributed by atoms with Crippen LogP contribution in [-0.2, 0) is 6.42 Å². The molecule has 0 fully saturated rings. The van der Waals surface area contributed by atoms with E-state index in [1.54, 1.807) is 0 Å². The van der Waals surface area contributed by atoms with Crippen molar-refractivity contribution < 1.29 is 4.79 Å². The normalized spacial score (nSPS) is 10.4. The maximum absolute atomic E-state index is 10.7. The summed E-state index contributed by atoms with van der Waals surface area (Å²) in [5, 5.41) is 0. The standard InChI is InChI=1S/C21H18O/c1-16-6-12-19(13-7-16)21-5-3-2-4-20(21)14-17-8-10-18(15-22)11-9-17/h2-13,15H,14H2,1H3. The molecule has 0 saturated carbocycles. The van der Waals surface area contributed by atoms with Crippen LogP contribution in [0.5, 0.6) is 0 Å². The quantitative estimate of drug-likeness (QED) is 0.612. The van der Waals surface area contributed by atoms with E-state index in [1.807, 2.05) is 24.3 Å². The molecule has 0 atom stereocenters. The Bertz CT molecular complexity index is 768. The van der Waals surface area contributed by atoms with Gasteiger partial charge in [-0.25, -0.2) is 0 Å². The summed E-state index contributed by atoms with van der Waals surface area (Å²) >= 11 is 0. The summed E-state index contributed by atoms with van der Waals surface area (Å²) in [7, 11) is 0. The summed E-state index contributed by atoms with van der Waals surface area (Å²) in [6, 6.07) is 24.9. The first-order valence-electron chi connectivity index (χ1n) is 7.45. The Labute approximate surface area is 131 Å². The van der Waals surface area contributed by atoms with Crippen molar-refractivity contribution in [1.82, 2.24) is 0 Å². The Morgan fingerprint density at radius 1 is 0.818 bits per heavy atom. The fraction of sp³-hybridized carbons (Fsp3) is 0.0952. The summed E-state index contributed by atoms with van der Waals surface area (Å²) < 4.78 is 0. The largest absolute Gasteiger partial charge is 0.298 e. The molecule has 3 aromatic rings. The highest BCUT2D eigenvalue weighted by Gasteiger charge is 2.05. The first kappa shape index (κ1) is 14.3. The highest BCUT2D eigenvalue weighted by atomic mass is 16.1. The van der Waals surface area contributed by atoms with Crippen molar-refractivity contribution in [2.75, 3.05) is 0 Å². The first-order valence-corrected chi connectivity index (χ1v) is 7.45. The summed E-state index contributed by atoms with van der Waals surface area (Å²) in [5.74, 6) is 0. The van der Waals surface area contributed by atoms with E-state index < -0.39 is 0 Å². The van der Waals surface area contributed by atoms with Gasteiger partial charge < -0.3 is 0 Å². The Balaban J connectivity index is 1.93. The lowest BCUT2D eigenvalue weighted by molar-refractivity contribution is 0.112. The molecule has 0 radical (unpaired) electrons. The smallest absolute Gasteiger partial charge is 0.150 e. The third-order valence-electron chi connectivity index (χ3n) is 3.89. The predicted molar refractivity (Wildman–Crippen MR) is 91.3 cm³/mol. The predicted octanol–water partition coefficient (Wildman–Crippen LogP) is 5.07. The Hall–Kier alpha value is -2.67. The SMILES string of the molecule is Cc1ccc(-c2ccccc2Cc2ccc(C=O)cc2)cc1. The van der Waals surface area contributed by atoms with Crippen LogP contribution in [0, 0.1) is 6.92 Å². The van der Waals surface area contributed by atoms with Gasteiger partial charge in [-0.15, -0.1) is 0 Å². The molecule has 108 valence electrons. The van der Waals surface area contributed by atoms with E-state index >= 15 is 0 Å². The monoisotopic (exact) mass is 286 g/mol. The van der Waals surface area contributed by atoms with Crippen LogP contribution < -0.4 is 0 Å². The Morgan fingerprint density at radius 3 is 2.18 bits per heavy atom. The van der Waals surface area contributed by atoms with Crippen molar-refractivity contribution in [1.29, 1.82) is 0 Å². The van der Waals surface area contributed by atoms with Gasteiger partial charge in [0.15, 0.2) is 0 Å². The van der Waals surface area contributed by atoms with E-state index in [0.717, 1.165) is 18.3 Å². The van der Waals surface area contributed by atoms with Gasteiger partial charge in [-0.05, 0) is 35.6 Å². The van der Waals surface area contributed by atoms with E-state index in [2.05, 4.69) is 55.5 Å². The average molecular weight is 286 g/mol. The minimum atomic E-state index is 0.718. The molecule has 0 aromatic heterocycles. The lowest BCUT2D eigenvalue weighted by atomic mass is 9.94. The van der Waals surface area contributed by atoms with Crippen molar-refractivity contribution in [3.05, 3.63) is 95.1 Å². The summed E-state index contributed by atoms with van der Waals surface area (Å²) in [4.78, 5) is 10.7. The maximum atomic E-state index is 10.7. The van der Waals surface area contributed by atoms with Gasteiger partial charge in [0.05, 0.1) is 0 Å². The minimum Gasteiger partial charge on any atom is -0.298 e. The molecular formula is C21H18O. The molecule has 1 nitrogen and oxygen atoms in total. The average Bonchev–Trinajstić information content (AvgIpc) is 2.57. The van der Waals surface area contributed by atoms with Crippen LogP contribution in [0.2, 0.25) is 0 Å². The fourth-order valence-electron chi connectivity index (χ4n) is 2.62. The molecule has 0 aliphatic rings. The number of hydrogen-bond acceptors (Lipinski definition) is 1. The van der Waals surface area contributed by atoms with E-state index in [1.165, 1.54) is 27.8 Å². The molecular weight excluding hydrogens is 268 g/mol. The minimum absolute atomic E-state index is 0.718. The Kier molecular flexibility index (Phi) is 4.15. The van der Waals surface area contributed by atoms with Crippen molar-refractivity contribution in [3.8, 4) is 11.1 Å². The van der Waals surface area contributed by atoms with Crippen molar-refractivity contribution in [2.45, 2.75) is 13.3 Å². The zero-order valence-electron chi connectivity index (χ0n) is 12.6. The highest BCUT2D eigenvalue weighted by molar-refractivity contribution is 5.74. The van der Waals surface area contributed by atoms with Gasteiger partial charge >= 0.3 is 0 Å². The molecule has 22 heavy (non-hydrogen) atoms. The molecule has 3 rings (SSSR count).